The van der Waals surface area contributed by atoms with Crippen molar-refractivity contribution in [1.82, 2.24) is 4.90 Å². The third-order valence-corrected chi connectivity index (χ3v) is 5.74. The normalized spacial score (nSPS) is 23.0. The number of likely N-dealkylation sites (tertiary alicyclic amines) is 1. The van der Waals surface area contributed by atoms with Crippen molar-refractivity contribution in [3.05, 3.63) is 24.3 Å². The molecule has 0 spiro atoms. The Bertz CT molecular complexity index is 537. The van der Waals surface area contributed by atoms with Crippen LogP contribution in [0.2, 0.25) is 0 Å². The average Bonchev–Trinajstić information content (AvgIpc) is 2.81. The smallest absolute Gasteiger partial charge is 0.494 e. The van der Waals surface area contributed by atoms with Crippen LogP contribution in [0.15, 0.2) is 24.3 Å². The van der Waals surface area contributed by atoms with Gasteiger partial charge in [-0.05, 0) is 77.6 Å². The third kappa shape index (κ3) is 4.58. The van der Waals surface area contributed by atoms with Crippen molar-refractivity contribution in [2.24, 2.45) is 0 Å². The van der Waals surface area contributed by atoms with Crippen LogP contribution in [-0.4, -0.2) is 49.5 Å². The lowest BCUT2D eigenvalue weighted by Crippen LogP contribution is -2.41. The van der Waals surface area contributed by atoms with Crippen LogP contribution in [0.1, 0.15) is 53.4 Å². The highest BCUT2D eigenvalue weighted by Gasteiger charge is 2.51. The Kier molecular flexibility index (Phi) is 5.76. The van der Waals surface area contributed by atoms with E-state index in [-0.39, 0.29) is 18.3 Å². The van der Waals surface area contributed by atoms with Crippen molar-refractivity contribution >= 4 is 12.6 Å². The molecule has 2 aliphatic heterocycles. The molecular weight excluding hydrogens is 313 g/mol. The van der Waals surface area contributed by atoms with E-state index in [1.165, 1.54) is 32.4 Å². The number of rotatable bonds is 6. The van der Waals surface area contributed by atoms with Crippen LogP contribution in [0.5, 0.6) is 5.75 Å². The first-order valence-corrected chi connectivity index (χ1v) is 9.68. The van der Waals surface area contributed by atoms with Gasteiger partial charge in [-0.15, -0.1) is 0 Å². The van der Waals surface area contributed by atoms with Crippen LogP contribution in [0.4, 0.5) is 0 Å². The van der Waals surface area contributed by atoms with Crippen LogP contribution in [0.3, 0.4) is 0 Å². The molecule has 2 heterocycles. The van der Waals surface area contributed by atoms with Gasteiger partial charge in [-0.3, -0.25) is 0 Å². The summed E-state index contributed by atoms with van der Waals surface area (Å²) in [6.07, 6.45) is 5.17. The third-order valence-electron chi connectivity index (χ3n) is 5.74. The van der Waals surface area contributed by atoms with E-state index in [2.05, 4.69) is 32.6 Å². The van der Waals surface area contributed by atoms with Crippen molar-refractivity contribution in [3.8, 4) is 5.75 Å². The first-order valence-electron chi connectivity index (χ1n) is 9.68. The lowest BCUT2D eigenvalue weighted by molar-refractivity contribution is 0.00578. The van der Waals surface area contributed by atoms with Gasteiger partial charge in [0.2, 0.25) is 0 Å². The van der Waals surface area contributed by atoms with Gasteiger partial charge >= 0.3 is 7.12 Å². The number of benzene rings is 1. The SMILES string of the molecule is CC1(C)OB(c2ccc(OCCCN3CCCCC3)cc2)OC1(C)C. The molecule has 0 saturated carbocycles. The molecule has 0 amide bonds. The summed E-state index contributed by atoms with van der Waals surface area (Å²) < 4.78 is 18.1. The van der Waals surface area contributed by atoms with Crippen LogP contribution >= 0.6 is 0 Å². The van der Waals surface area contributed by atoms with E-state index in [1.54, 1.807) is 0 Å². The lowest BCUT2D eigenvalue weighted by Gasteiger charge is -2.32. The van der Waals surface area contributed by atoms with Gasteiger partial charge in [-0.1, -0.05) is 18.6 Å². The molecular formula is C20H32BNO3. The fraction of sp³-hybridized carbons (Fsp3) is 0.700. The summed E-state index contributed by atoms with van der Waals surface area (Å²) in [5, 5.41) is 0. The van der Waals surface area contributed by atoms with Crippen molar-refractivity contribution in [1.29, 1.82) is 0 Å². The van der Waals surface area contributed by atoms with E-state index in [9.17, 15) is 0 Å². The molecule has 4 nitrogen and oxygen atoms in total. The number of nitrogens with zero attached hydrogens (tertiary/aromatic N) is 1. The number of piperidine rings is 1. The molecule has 0 N–H and O–H groups in total. The Balaban J connectivity index is 1.45. The van der Waals surface area contributed by atoms with Crippen molar-refractivity contribution < 1.29 is 14.0 Å². The van der Waals surface area contributed by atoms with Gasteiger partial charge in [0.25, 0.3) is 0 Å². The van der Waals surface area contributed by atoms with Gasteiger partial charge in [-0.2, -0.15) is 0 Å². The number of hydrogen-bond acceptors (Lipinski definition) is 4. The molecule has 2 fully saturated rings. The predicted molar refractivity (Wildman–Crippen MR) is 103 cm³/mol. The summed E-state index contributed by atoms with van der Waals surface area (Å²) in [7, 11) is -0.307. The topological polar surface area (TPSA) is 30.9 Å². The Morgan fingerprint density at radius 3 is 2.16 bits per heavy atom. The molecule has 3 rings (SSSR count). The monoisotopic (exact) mass is 345 g/mol. The van der Waals surface area contributed by atoms with E-state index in [0.29, 0.717) is 0 Å². The summed E-state index contributed by atoms with van der Waals surface area (Å²) in [6, 6.07) is 8.12. The first-order chi connectivity index (χ1) is 11.9. The van der Waals surface area contributed by atoms with Gasteiger partial charge in [0.15, 0.2) is 0 Å². The predicted octanol–water partition coefficient (Wildman–Crippen LogP) is 3.24. The van der Waals surface area contributed by atoms with Gasteiger partial charge in [0.1, 0.15) is 5.75 Å². The zero-order chi connectivity index (χ0) is 17.9. The second-order valence-electron chi connectivity index (χ2n) is 8.26. The summed E-state index contributed by atoms with van der Waals surface area (Å²) in [6.45, 7) is 12.7. The number of ether oxygens (including phenoxy) is 1. The Morgan fingerprint density at radius 2 is 1.56 bits per heavy atom. The van der Waals surface area contributed by atoms with E-state index in [4.69, 9.17) is 14.0 Å². The van der Waals surface area contributed by atoms with E-state index in [0.717, 1.165) is 30.8 Å². The van der Waals surface area contributed by atoms with Gasteiger partial charge in [0, 0.05) is 6.54 Å². The fourth-order valence-electron chi connectivity index (χ4n) is 3.36. The molecule has 0 unspecified atom stereocenters. The summed E-state index contributed by atoms with van der Waals surface area (Å²) in [4.78, 5) is 2.55. The zero-order valence-corrected chi connectivity index (χ0v) is 16.2. The summed E-state index contributed by atoms with van der Waals surface area (Å²) in [5.74, 6) is 0.916. The quantitative estimate of drug-likeness (QED) is 0.585. The molecule has 0 aromatic heterocycles. The Hall–Kier alpha value is -1.04. The molecule has 1 aromatic carbocycles. The van der Waals surface area contributed by atoms with Gasteiger partial charge < -0.3 is 18.9 Å². The Labute approximate surface area is 153 Å². The highest BCUT2D eigenvalue weighted by molar-refractivity contribution is 6.62. The maximum atomic E-state index is 6.09. The van der Waals surface area contributed by atoms with Crippen LogP contribution in [0, 0.1) is 0 Å². The molecule has 2 saturated heterocycles. The van der Waals surface area contributed by atoms with E-state index < -0.39 is 0 Å². The van der Waals surface area contributed by atoms with E-state index >= 15 is 0 Å². The zero-order valence-electron chi connectivity index (χ0n) is 16.2. The van der Waals surface area contributed by atoms with E-state index in [1.807, 2.05) is 24.3 Å². The lowest BCUT2D eigenvalue weighted by atomic mass is 9.79. The van der Waals surface area contributed by atoms with Crippen molar-refractivity contribution in [2.75, 3.05) is 26.2 Å². The minimum Gasteiger partial charge on any atom is -0.494 e. The molecule has 5 heteroatoms. The molecule has 138 valence electrons. The molecule has 25 heavy (non-hydrogen) atoms. The van der Waals surface area contributed by atoms with Crippen molar-refractivity contribution in [2.45, 2.75) is 64.6 Å². The molecule has 1 aromatic rings. The second-order valence-corrected chi connectivity index (χ2v) is 8.26. The average molecular weight is 345 g/mol. The van der Waals surface area contributed by atoms with Gasteiger partial charge in [-0.25, -0.2) is 0 Å². The fourth-order valence-corrected chi connectivity index (χ4v) is 3.36. The minimum atomic E-state index is -0.307. The second kappa shape index (κ2) is 7.69. The standard InChI is InChI=1S/C20H32BNO3/c1-19(2)20(3,4)25-21(24-19)17-9-11-18(12-10-17)23-16-8-15-22-13-6-5-7-14-22/h9-12H,5-8,13-16H2,1-4H3. The summed E-state index contributed by atoms with van der Waals surface area (Å²) in [5.41, 5.74) is 0.432. The molecule has 0 bridgehead atoms. The molecule has 0 aliphatic carbocycles. The summed E-state index contributed by atoms with van der Waals surface area (Å²) >= 11 is 0. The molecule has 0 radical (unpaired) electrons. The van der Waals surface area contributed by atoms with Crippen molar-refractivity contribution in [3.63, 3.8) is 0 Å². The molecule has 2 aliphatic rings. The molecule has 0 atom stereocenters. The Morgan fingerprint density at radius 1 is 0.960 bits per heavy atom. The minimum absolute atomic E-state index is 0.304. The van der Waals surface area contributed by atoms with Crippen LogP contribution in [-0.2, 0) is 9.31 Å². The number of hydrogen-bond donors (Lipinski definition) is 0. The maximum Gasteiger partial charge on any atom is 0.494 e. The highest BCUT2D eigenvalue weighted by Crippen LogP contribution is 2.36. The maximum absolute atomic E-state index is 6.09. The van der Waals surface area contributed by atoms with Gasteiger partial charge in [0.05, 0.1) is 17.8 Å². The largest absolute Gasteiger partial charge is 0.494 e. The first kappa shape index (κ1) is 18.7. The highest BCUT2D eigenvalue weighted by atomic mass is 16.7. The van der Waals surface area contributed by atoms with Crippen LogP contribution < -0.4 is 10.2 Å². The van der Waals surface area contributed by atoms with Crippen LogP contribution in [0.25, 0.3) is 0 Å².